The van der Waals surface area contributed by atoms with Gasteiger partial charge in [0, 0.05) is 24.4 Å². The van der Waals surface area contributed by atoms with Crippen molar-refractivity contribution < 1.29 is 4.74 Å². The summed E-state index contributed by atoms with van der Waals surface area (Å²) in [4.78, 5) is 9.26. The van der Waals surface area contributed by atoms with Crippen LogP contribution in [0.2, 0.25) is 0 Å². The van der Waals surface area contributed by atoms with E-state index in [0.29, 0.717) is 6.42 Å². The molecule has 5 heteroatoms. The van der Waals surface area contributed by atoms with Crippen molar-refractivity contribution in [1.29, 1.82) is 0 Å². The van der Waals surface area contributed by atoms with Crippen LogP contribution in [0.15, 0.2) is 54.9 Å². The average Bonchev–Trinajstić information content (AvgIpc) is 3.03. The smallest absolute Gasteiger partial charge is 0.181 e. The molecule has 4 aromatic rings. The van der Waals surface area contributed by atoms with Crippen molar-refractivity contribution in [2.24, 2.45) is 0 Å². The molecule has 0 amide bonds. The third kappa shape index (κ3) is 3.16. The maximum Gasteiger partial charge on any atom is 0.181 e. The molecule has 4 rings (SSSR count). The van der Waals surface area contributed by atoms with Gasteiger partial charge < -0.3 is 4.74 Å². The van der Waals surface area contributed by atoms with E-state index in [0.717, 1.165) is 28.5 Å². The monoisotopic (exact) mass is 344 g/mol. The zero-order valence-electron chi connectivity index (χ0n) is 15.1. The van der Waals surface area contributed by atoms with Crippen LogP contribution in [-0.2, 0) is 6.42 Å². The molecular formula is C21H20N4O. The average molecular weight is 344 g/mol. The largest absolute Gasteiger partial charge is 0.497 e. The first kappa shape index (κ1) is 16.3. The van der Waals surface area contributed by atoms with E-state index in [1.54, 1.807) is 17.8 Å². The molecule has 0 spiro atoms. The molecule has 0 radical (unpaired) electrons. The number of fused-ring (bicyclic) bond motifs is 1. The normalized spacial score (nSPS) is 11.0. The Bertz CT molecular complexity index is 1050. The zero-order valence-corrected chi connectivity index (χ0v) is 15.1. The molecule has 0 saturated carbocycles. The van der Waals surface area contributed by atoms with Crippen molar-refractivity contribution in [2.75, 3.05) is 7.11 Å². The Morgan fingerprint density at radius 3 is 2.42 bits per heavy atom. The van der Waals surface area contributed by atoms with Crippen molar-refractivity contribution in [3.05, 3.63) is 77.4 Å². The summed E-state index contributed by atoms with van der Waals surface area (Å²) in [5.74, 6) is 1.61. The van der Waals surface area contributed by atoms with E-state index in [1.807, 2.05) is 30.5 Å². The van der Waals surface area contributed by atoms with E-state index < -0.39 is 0 Å². The lowest BCUT2D eigenvalue weighted by molar-refractivity contribution is 0.415. The predicted molar refractivity (Wildman–Crippen MR) is 101 cm³/mol. The first-order valence-electron chi connectivity index (χ1n) is 8.54. The summed E-state index contributed by atoms with van der Waals surface area (Å²) in [6, 6.07) is 14.4. The van der Waals surface area contributed by atoms with E-state index in [9.17, 15) is 0 Å². The second-order valence-corrected chi connectivity index (χ2v) is 6.47. The van der Waals surface area contributed by atoms with Gasteiger partial charge in [-0.3, -0.25) is 4.98 Å². The van der Waals surface area contributed by atoms with E-state index >= 15 is 0 Å². The zero-order chi connectivity index (χ0) is 18.1. The number of rotatable bonds is 4. The van der Waals surface area contributed by atoms with Gasteiger partial charge in [-0.15, -0.1) is 0 Å². The second-order valence-electron chi connectivity index (χ2n) is 6.47. The lowest BCUT2D eigenvalue weighted by Gasteiger charge is -2.03. The molecule has 0 unspecified atom stereocenters. The fraction of sp³-hybridized carbons (Fsp3) is 0.190. The van der Waals surface area contributed by atoms with E-state index in [1.165, 1.54) is 16.7 Å². The summed E-state index contributed by atoms with van der Waals surface area (Å²) in [5.41, 5.74) is 6.29. The third-order valence-corrected chi connectivity index (χ3v) is 4.31. The van der Waals surface area contributed by atoms with Crippen LogP contribution >= 0.6 is 0 Å². The van der Waals surface area contributed by atoms with Crippen molar-refractivity contribution in [3.63, 3.8) is 0 Å². The van der Waals surface area contributed by atoms with Crippen molar-refractivity contribution in [1.82, 2.24) is 19.6 Å². The number of ether oxygens (including phenoxy) is 1. The number of nitrogens with zero attached hydrogens (tertiary/aromatic N) is 4. The molecule has 0 aliphatic carbocycles. The third-order valence-electron chi connectivity index (χ3n) is 4.31. The molecule has 2 aromatic carbocycles. The minimum atomic E-state index is 0.701. The van der Waals surface area contributed by atoms with Gasteiger partial charge in [0.15, 0.2) is 11.5 Å². The molecule has 26 heavy (non-hydrogen) atoms. The molecule has 0 fully saturated rings. The van der Waals surface area contributed by atoms with Crippen LogP contribution in [0.4, 0.5) is 0 Å². The molecule has 2 aromatic heterocycles. The Morgan fingerprint density at radius 2 is 1.73 bits per heavy atom. The van der Waals surface area contributed by atoms with Crippen LogP contribution in [0.25, 0.3) is 16.9 Å². The summed E-state index contributed by atoms with van der Waals surface area (Å²) in [5, 5.41) is 4.63. The van der Waals surface area contributed by atoms with Crippen LogP contribution in [-0.4, -0.2) is 26.7 Å². The highest BCUT2D eigenvalue weighted by Gasteiger charge is 2.12. The van der Waals surface area contributed by atoms with Crippen LogP contribution in [0, 0.1) is 13.8 Å². The molecule has 2 heterocycles. The summed E-state index contributed by atoms with van der Waals surface area (Å²) in [6.45, 7) is 4.22. The Balaban J connectivity index is 1.72. The standard InChI is InChI=1S/C21H20N4O/c1-14-10-15(2)12-16(11-14)13-19-23-21-20(22-8-9-25(21)24-19)17-4-6-18(26-3)7-5-17/h4-12H,13H2,1-3H3. The molecule has 0 saturated heterocycles. The van der Waals surface area contributed by atoms with Gasteiger partial charge in [0.25, 0.3) is 0 Å². The Morgan fingerprint density at radius 1 is 1.00 bits per heavy atom. The summed E-state index contributed by atoms with van der Waals surface area (Å²) < 4.78 is 7.02. The number of aromatic nitrogens is 4. The van der Waals surface area contributed by atoms with Crippen LogP contribution in [0.1, 0.15) is 22.5 Å². The lowest BCUT2D eigenvalue weighted by atomic mass is 10.1. The maximum atomic E-state index is 5.23. The van der Waals surface area contributed by atoms with E-state index in [-0.39, 0.29) is 0 Å². The summed E-state index contributed by atoms with van der Waals surface area (Å²) in [7, 11) is 1.66. The van der Waals surface area contributed by atoms with Gasteiger partial charge >= 0.3 is 0 Å². The lowest BCUT2D eigenvalue weighted by Crippen LogP contribution is -1.94. The molecule has 0 N–H and O–H groups in total. The van der Waals surface area contributed by atoms with Gasteiger partial charge in [0.1, 0.15) is 11.4 Å². The number of hydrogen-bond acceptors (Lipinski definition) is 4. The molecule has 0 atom stereocenters. The van der Waals surface area contributed by atoms with Gasteiger partial charge in [0.05, 0.1) is 7.11 Å². The van der Waals surface area contributed by atoms with Gasteiger partial charge in [-0.05, 0) is 43.7 Å². The molecule has 0 bridgehead atoms. The van der Waals surface area contributed by atoms with Gasteiger partial charge in [0.2, 0.25) is 0 Å². The summed E-state index contributed by atoms with van der Waals surface area (Å²) >= 11 is 0. The van der Waals surface area contributed by atoms with Crippen LogP contribution in [0.5, 0.6) is 5.75 Å². The first-order valence-corrected chi connectivity index (χ1v) is 8.54. The number of benzene rings is 2. The van der Waals surface area contributed by atoms with E-state index in [4.69, 9.17) is 9.72 Å². The fourth-order valence-electron chi connectivity index (χ4n) is 3.24. The minimum Gasteiger partial charge on any atom is -0.497 e. The Kier molecular flexibility index (Phi) is 4.13. The predicted octanol–water partition coefficient (Wildman–Crippen LogP) is 4.01. The minimum absolute atomic E-state index is 0.701. The highest BCUT2D eigenvalue weighted by atomic mass is 16.5. The second kappa shape index (κ2) is 6.59. The van der Waals surface area contributed by atoms with Crippen LogP contribution < -0.4 is 4.74 Å². The highest BCUT2D eigenvalue weighted by Crippen LogP contribution is 2.24. The van der Waals surface area contributed by atoms with E-state index in [2.05, 4.69) is 42.1 Å². The van der Waals surface area contributed by atoms with Gasteiger partial charge in [-0.25, -0.2) is 9.50 Å². The van der Waals surface area contributed by atoms with Gasteiger partial charge in [-0.2, -0.15) is 5.10 Å². The fourth-order valence-corrected chi connectivity index (χ4v) is 3.24. The highest BCUT2D eigenvalue weighted by molar-refractivity contribution is 5.73. The molecule has 5 nitrogen and oxygen atoms in total. The van der Waals surface area contributed by atoms with Crippen molar-refractivity contribution in [2.45, 2.75) is 20.3 Å². The van der Waals surface area contributed by atoms with Gasteiger partial charge in [-0.1, -0.05) is 29.3 Å². The number of aryl methyl sites for hydroxylation is 2. The SMILES string of the molecule is COc1ccc(-c2nccn3nc(Cc4cc(C)cc(C)c4)nc23)cc1. The quantitative estimate of drug-likeness (QED) is 0.561. The number of methoxy groups -OCH3 is 1. The summed E-state index contributed by atoms with van der Waals surface area (Å²) in [6.07, 6.45) is 4.29. The Labute approximate surface area is 152 Å². The first-order chi connectivity index (χ1) is 12.6. The van der Waals surface area contributed by atoms with Crippen molar-refractivity contribution in [3.8, 4) is 17.0 Å². The Hall–Kier alpha value is -3.21. The molecule has 0 aliphatic heterocycles. The molecule has 0 aliphatic rings. The topological polar surface area (TPSA) is 52.3 Å². The number of hydrogen-bond donors (Lipinski definition) is 0. The van der Waals surface area contributed by atoms with Crippen LogP contribution in [0.3, 0.4) is 0 Å². The molecule has 130 valence electrons. The van der Waals surface area contributed by atoms with Crippen molar-refractivity contribution >= 4 is 5.65 Å². The maximum absolute atomic E-state index is 5.23. The molecular weight excluding hydrogens is 324 g/mol.